The van der Waals surface area contributed by atoms with Crippen LogP contribution in [0.25, 0.3) is 0 Å². The Morgan fingerprint density at radius 2 is 1.67 bits per heavy atom. The van der Waals surface area contributed by atoms with Crippen LogP contribution in [0.1, 0.15) is 33.6 Å². The molecule has 6 heteroatoms. The molecule has 0 spiro atoms. The second-order valence-electron chi connectivity index (χ2n) is 5.44. The van der Waals surface area contributed by atoms with Crippen LogP contribution in [0, 0.1) is 0 Å². The lowest BCUT2D eigenvalue weighted by Gasteiger charge is -2.33. The summed E-state index contributed by atoms with van der Waals surface area (Å²) < 4.78 is 36.1. The summed E-state index contributed by atoms with van der Waals surface area (Å²) in [5.74, 6) is 0. The minimum Gasteiger partial charge on any atom is -0.394 e. The topological polar surface area (TPSA) is 35.5 Å². The number of rotatable bonds is 8. The van der Waals surface area contributed by atoms with Gasteiger partial charge in [-0.25, -0.2) is 0 Å². The first-order chi connectivity index (χ1) is 8.08. The summed E-state index contributed by atoms with van der Waals surface area (Å²) in [6.07, 6.45) is -4.29. The molecule has 110 valence electrons. The van der Waals surface area contributed by atoms with Crippen molar-refractivity contribution in [3.05, 3.63) is 0 Å². The summed E-state index contributed by atoms with van der Waals surface area (Å²) in [7, 11) is 1.67. The van der Waals surface area contributed by atoms with E-state index in [2.05, 4.69) is 5.32 Å². The molecule has 0 aromatic carbocycles. The highest BCUT2D eigenvalue weighted by atomic mass is 19.4. The summed E-state index contributed by atoms with van der Waals surface area (Å²) in [6.45, 7) is 6.31. The number of halogens is 3. The molecule has 3 nitrogen and oxygen atoms in total. The molecule has 0 rings (SSSR count). The summed E-state index contributed by atoms with van der Waals surface area (Å²) in [4.78, 5) is 1.64. The molecule has 0 aliphatic rings. The molecule has 1 atom stereocenters. The normalized spacial score (nSPS) is 16.3. The Balaban J connectivity index is 4.05. The Kier molecular flexibility index (Phi) is 7.17. The van der Waals surface area contributed by atoms with Gasteiger partial charge < -0.3 is 15.3 Å². The van der Waals surface area contributed by atoms with Crippen molar-refractivity contribution >= 4 is 0 Å². The molecule has 0 bridgehead atoms. The van der Waals surface area contributed by atoms with Crippen molar-refractivity contribution in [3.8, 4) is 0 Å². The summed E-state index contributed by atoms with van der Waals surface area (Å²) >= 11 is 0. The van der Waals surface area contributed by atoms with Gasteiger partial charge in [0.05, 0.1) is 13.0 Å². The number of hydrogen-bond acceptors (Lipinski definition) is 3. The molecule has 0 aliphatic carbocycles. The number of aliphatic hydroxyl groups is 1. The van der Waals surface area contributed by atoms with Gasteiger partial charge in [0.15, 0.2) is 0 Å². The largest absolute Gasteiger partial charge is 0.394 e. The molecule has 1 unspecified atom stereocenters. The lowest BCUT2D eigenvalue weighted by atomic mass is 9.97. The predicted octanol–water partition coefficient (Wildman–Crippen LogP) is 2.01. The van der Waals surface area contributed by atoms with E-state index in [4.69, 9.17) is 0 Å². The molecule has 18 heavy (non-hydrogen) atoms. The maximum atomic E-state index is 12.0. The van der Waals surface area contributed by atoms with Crippen LogP contribution in [0.3, 0.4) is 0 Å². The fraction of sp³-hybridized carbons (Fsp3) is 1.00. The van der Waals surface area contributed by atoms with Crippen molar-refractivity contribution in [1.82, 2.24) is 10.2 Å². The first kappa shape index (κ1) is 17.7. The average molecular weight is 270 g/mol. The molecule has 0 heterocycles. The van der Waals surface area contributed by atoms with E-state index in [0.29, 0.717) is 13.0 Å². The second-order valence-corrected chi connectivity index (χ2v) is 5.44. The van der Waals surface area contributed by atoms with Gasteiger partial charge in [-0.05, 0) is 26.9 Å². The van der Waals surface area contributed by atoms with Crippen LogP contribution < -0.4 is 5.32 Å². The van der Waals surface area contributed by atoms with Crippen LogP contribution in [0.15, 0.2) is 0 Å². The standard InChI is InChI=1S/C12H25F3N2O/c1-10(2)16-11(3,9-18)5-7-17(4)8-6-12(13,14)15/h10,16,18H,5-9H2,1-4H3. The van der Waals surface area contributed by atoms with Crippen molar-refractivity contribution in [2.45, 2.75) is 51.4 Å². The van der Waals surface area contributed by atoms with Crippen LogP contribution in [0.4, 0.5) is 13.2 Å². The van der Waals surface area contributed by atoms with E-state index in [9.17, 15) is 18.3 Å². The number of alkyl halides is 3. The van der Waals surface area contributed by atoms with Crippen molar-refractivity contribution < 1.29 is 18.3 Å². The third-order valence-electron chi connectivity index (χ3n) is 2.81. The monoisotopic (exact) mass is 270 g/mol. The zero-order valence-electron chi connectivity index (χ0n) is 11.6. The van der Waals surface area contributed by atoms with Gasteiger partial charge in [-0.1, -0.05) is 13.8 Å². The third-order valence-corrected chi connectivity index (χ3v) is 2.81. The average Bonchev–Trinajstić information content (AvgIpc) is 2.21. The summed E-state index contributed by atoms with van der Waals surface area (Å²) in [5.41, 5.74) is -0.444. The molecule has 0 saturated heterocycles. The molecule has 0 radical (unpaired) electrons. The zero-order chi connectivity index (χ0) is 14.4. The van der Waals surface area contributed by atoms with Gasteiger partial charge >= 0.3 is 6.18 Å². The number of hydrogen-bond donors (Lipinski definition) is 2. The van der Waals surface area contributed by atoms with Crippen LogP contribution in [-0.4, -0.2) is 54.5 Å². The minimum absolute atomic E-state index is 0.00725. The zero-order valence-corrected chi connectivity index (χ0v) is 11.6. The molecular formula is C12H25F3N2O. The van der Waals surface area contributed by atoms with Crippen molar-refractivity contribution in [1.29, 1.82) is 0 Å². The Morgan fingerprint density at radius 3 is 2.06 bits per heavy atom. The van der Waals surface area contributed by atoms with E-state index < -0.39 is 18.1 Å². The molecule has 0 aromatic heterocycles. The maximum Gasteiger partial charge on any atom is 0.390 e. The first-order valence-electron chi connectivity index (χ1n) is 6.22. The third kappa shape index (κ3) is 8.72. The molecule has 0 aromatic rings. The van der Waals surface area contributed by atoms with E-state index in [0.717, 1.165) is 0 Å². The van der Waals surface area contributed by atoms with E-state index in [1.54, 1.807) is 11.9 Å². The molecule has 0 aliphatic heterocycles. The highest BCUT2D eigenvalue weighted by molar-refractivity contribution is 4.84. The highest BCUT2D eigenvalue weighted by Crippen LogP contribution is 2.19. The fourth-order valence-corrected chi connectivity index (χ4v) is 1.76. The van der Waals surface area contributed by atoms with Gasteiger partial charge in [0.1, 0.15) is 0 Å². The smallest absolute Gasteiger partial charge is 0.390 e. The minimum atomic E-state index is -4.11. The van der Waals surface area contributed by atoms with Crippen LogP contribution in [-0.2, 0) is 0 Å². The second kappa shape index (κ2) is 7.31. The number of nitrogens with zero attached hydrogens (tertiary/aromatic N) is 1. The van der Waals surface area contributed by atoms with Gasteiger partial charge in [0.2, 0.25) is 0 Å². The summed E-state index contributed by atoms with van der Waals surface area (Å²) in [6, 6.07) is 0.225. The Labute approximate surface area is 107 Å². The van der Waals surface area contributed by atoms with Crippen molar-refractivity contribution in [2.75, 3.05) is 26.7 Å². The first-order valence-corrected chi connectivity index (χ1v) is 6.22. The van der Waals surface area contributed by atoms with Crippen molar-refractivity contribution in [3.63, 3.8) is 0 Å². The summed E-state index contributed by atoms with van der Waals surface area (Å²) in [5, 5.41) is 12.6. The van der Waals surface area contributed by atoms with E-state index in [-0.39, 0.29) is 19.2 Å². The lowest BCUT2D eigenvalue weighted by Crippen LogP contribution is -2.50. The van der Waals surface area contributed by atoms with Gasteiger partial charge in [0, 0.05) is 18.1 Å². The van der Waals surface area contributed by atoms with Gasteiger partial charge in [-0.3, -0.25) is 0 Å². The van der Waals surface area contributed by atoms with E-state index >= 15 is 0 Å². The maximum absolute atomic E-state index is 12.0. The lowest BCUT2D eigenvalue weighted by molar-refractivity contribution is -0.137. The SMILES string of the molecule is CC(C)NC(C)(CO)CCN(C)CCC(F)(F)F. The van der Waals surface area contributed by atoms with E-state index in [1.165, 1.54) is 0 Å². The fourth-order valence-electron chi connectivity index (χ4n) is 1.76. The molecule has 2 N–H and O–H groups in total. The quantitative estimate of drug-likeness (QED) is 0.708. The molecule has 0 fully saturated rings. The molecular weight excluding hydrogens is 245 g/mol. The highest BCUT2D eigenvalue weighted by Gasteiger charge is 2.28. The van der Waals surface area contributed by atoms with E-state index in [1.807, 2.05) is 20.8 Å². The van der Waals surface area contributed by atoms with Gasteiger partial charge in [-0.2, -0.15) is 13.2 Å². The Bertz CT molecular complexity index is 234. The Morgan fingerprint density at radius 1 is 1.17 bits per heavy atom. The van der Waals surface area contributed by atoms with Crippen molar-refractivity contribution in [2.24, 2.45) is 0 Å². The van der Waals surface area contributed by atoms with Crippen LogP contribution >= 0.6 is 0 Å². The van der Waals surface area contributed by atoms with Gasteiger partial charge in [-0.15, -0.1) is 0 Å². The number of aliphatic hydroxyl groups excluding tert-OH is 1. The number of nitrogens with one attached hydrogen (secondary N) is 1. The molecule has 0 saturated carbocycles. The molecule has 0 amide bonds. The Hall–Kier alpha value is -0.330. The van der Waals surface area contributed by atoms with Crippen LogP contribution in [0.2, 0.25) is 0 Å². The van der Waals surface area contributed by atoms with Gasteiger partial charge in [0.25, 0.3) is 0 Å². The van der Waals surface area contributed by atoms with Crippen LogP contribution in [0.5, 0.6) is 0 Å². The predicted molar refractivity (Wildman–Crippen MR) is 66.5 cm³/mol.